The molecule has 11 heavy (non-hydrogen) atoms. The Balaban J connectivity index is 2.26. The number of carbonyl (C=O) groups is 1. The third-order valence-corrected chi connectivity index (χ3v) is 1.79. The first-order chi connectivity index (χ1) is 5.33. The number of hydrogen-bond acceptors (Lipinski definition) is 2. The molecule has 0 unspecified atom stereocenters. The molecule has 62 valence electrons. The van der Waals surface area contributed by atoms with Gasteiger partial charge in [-0.05, 0) is 6.42 Å². The highest BCUT2D eigenvalue weighted by molar-refractivity contribution is 5.77. The molecule has 0 aromatic rings. The first-order valence-electron chi connectivity index (χ1n) is 3.91. The summed E-state index contributed by atoms with van der Waals surface area (Å²) in [6.07, 6.45) is 5.32. The Hall–Kier alpha value is -0.830. The highest BCUT2D eigenvalue weighted by Crippen LogP contribution is 1.99. The Labute approximate surface area is 67.1 Å². The molecule has 1 heterocycles. The van der Waals surface area contributed by atoms with E-state index in [1.54, 1.807) is 7.05 Å². The fraction of sp³-hybridized carbons (Fsp3) is 0.625. The van der Waals surface area contributed by atoms with Gasteiger partial charge in [0.25, 0.3) is 0 Å². The monoisotopic (exact) mass is 154 g/mol. The Morgan fingerprint density at radius 1 is 1.64 bits per heavy atom. The molecule has 0 aliphatic carbocycles. The van der Waals surface area contributed by atoms with Crippen LogP contribution < -0.4 is 5.32 Å². The zero-order valence-electron chi connectivity index (χ0n) is 6.84. The molecule has 0 saturated heterocycles. The summed E-state index contributed by atoms with van der Waals surface area (Å²) in [5.74, 6) is 0.0975. The molecule has 0 fully saturated rings. The van der Waals surface area contributed by atoms with E-state index in [1.165, 1.54) is 0 Å². The van der Waals surface area contributed by atoms with Crippen LogP contribution in [0.4, 0.5) is 0 Å². The van der Waals surface area contributed by atoms with Gasteiger partial charge in [-0.25, -0.2) is 0 Å². The van der Waals surface area contributed by atoms with Gasteiger partial charge in [0, 0.05) is 20.1 Å². The van der Waals surface area contributed by atoms with Crippen LogP contribution in [-0.2, 0) is 4.79 Å². The predicted molar refractivity (Wildman–Crippen MR) is 44.3 cm³/mol. The Morgan fingerprint density at radius 3 is 3.00 bits per heavy atom. The van der Waals surface area contributed by atoms with E-state index in [-0.39, 0.29) is 5.91 Å². The Bertz CT molecular complexity index is 165. The number of nitrogens with one attached hydrogen (secondary N) is 1. The standard InChI is InChI=1S/C8H14N2O/c1-9-8(11)7-10-5-3-2-4-6-10/h2-3H,4-7H2,1H3,(H,9,11). The lowest BCUT2D eigenvalue weighted by Crippen LogP contribution is -2.37. The summed E-state index contributed by atoms with van der Waals surface area (Å²) < 4.78 is 0. The maximum atomic E-state index is 10.9. The largest absolute Gasteiger partial charge is 0.358 e. The smallest absolute Gasteiger partial charge is 0.233 e. The minimum absolute atomic E-state index is 0.0975. The summed E-state index contributed by atoms with van der Waals surface area (Å²) >= 11 is 0. The lowest BCUT2D eigenvalue weighted by atomic mass is 10.2. The number of hydrogen-bond donors (Lipinski definition) is 1. The fourth-order valence-corrected chi connectivity index (χ4v) is 1.12. The van der Waals surface area contributed by atoms with Crippen molar-refractivity contribution in [2.24, 2.45) is 0 Å². The molecule has 1 amide bonds. The maximum Gasteiger partial charge on any atom is 0.233 e. The van der Waals surface area contributed by atoms with E-state index < -0.39 is 0 Å². The molecule has 0 spiro atoms. The van der Waals surface area contributed by atoms with Crippen LogP contribution in [0.1, 0.15) is 6.42 Å². The zero-order chi connectivity index (χ0) is 8.10. The average Bonchev–Trinajstić information content (AvgIpc) is 2.06. The first kappa shape index (κ1) is 8.27. The maximum absolute atomic E-state index is 10.9. The molecule has 0 radical (unpaired) electrons. The molecule has 0 aromatic heterocycles. The summed E-state index contributed by atoms with van der Waals surface area (Å²) in [5.41, 5.74) is 0. The molecule has 0 saturated carbocycles. The highest BCUT2D eigenvalue weighted by Gasteiger charge is 2.08. The van der Waals surface area contributed by atoms with Crippen molar-refractivity contribution >= 4 is 5.91 Å². The minimum atomic E-state index is 0.0975. The molecule has 1 aliphatic rings. The molecule has 1 rings (SSSR count). The van der Waals surface area contributed by atoms with E-state index in [4.69, 9.17) is 0 Å². The van der Waals surface area contributed by atoms with E-state index >= 15 is 0 Å². The van der Waals surface area contributed by atoms with Crippen molar-refractivity contribution in [1.82, 2.24) is 10.2 Å². The van der Waals surface area contributed by atoms with Crippen molar-refractivity contribution in [2.45, 2.75) is 6.42 Å². The van der Waals surface area contributed by atoms with Crippen LogP contribution in [0.3, 0.4) is 0 Å². The molecule has 0 atom stereocenters. The van der Waals surface area contributed by atoms with Gasteiger partial charge in [-0.2, -0.15) is 0 Å². The topological polar surface area (TPSA) is 32.3 Å². The number of carbonyl (C=O) groups excluding carboxylic acids is 1. The SMILES string of the molecule is CNC(=O)CN1CC=CCC1. The Kier molecular flexibility index (Phi) is 3.11. The Morgan fingerprint density at radius 2 is 2.45 bits per heavy atom. The summed E-state index contributed by atoms with van der Waals surface area (Å²) in [4.78, 5) is 13.0. The fourth-order valence-electron chi connectivity index (χ4n) is 1.12. The molecule has 3 heteroatoms. The van der Waals surface area contributed by atoms with E-state index in [1.807, 2.05) is 0 Å². The van der Waals surface area contributed by atoms with E-state index in [2.05, 4.69) is 22.4 Å². The highest BCUT2D eigenvalue weighted by atomic mass is 16.1. The van der Waals surface area contributed by atoms with E-state index in [0.29, 0.717) is 6.54 Å². The number of rotatable bonds is 2. The first-order valence-corrected chi connectivity index (χ1v) is 3.91. The predicted octanol–water partition coefficient (Wildman–Crippen LogP) is -0.00570. The molecule has 3 nitrogen and oxygen atoms in total. The lowest BCUT2D eigenvalue weighted by molar-refractivity contribution is -0.121. The van der Waals surface area contributed by atoms with Crippen LogP contribution in [0.5, 0.6) is 0 Å². The van der Waals surface area contributed by atoms with Gasteiger partial charge >= 0.3 is 0 Å². The molecule has 1 N–H and O–H groups in total. The van der Waals surface area contributed by atoms with Crippen molar-refractivity contribution in [3.63, 3.8) is 0 Å². The molecule has 0 bridgehead atoms. The summed E-state index contributed by atoms with van der Waals surface area (Å²) in [6, 6.07) is 0. The van der Waals surface area contributed by atoms with Gasteiger partial charge in [0.05, 0.1) is 6.54 Å². The van der Waals surface area contributed by atoms with Crippen LogP contribution >= 0.6 is 0 Å². The van der Waals surface area contributed by atoms with Crippen molar-refractivity contribution in [3.8, 4) is 0 Å². The van der Waals surface area contributed by atoms with Gasteiger partial charge in [0.1, 0.15) is 0 Å². The second-order valence-corrected chi connectivity index (χ2v) is 2.67. The van der Waals surface area contributed by atoms with Crippen LogP contribution in [0, 0.1) is 0 Å². The van der Waals surface area contributed by atoms with Crippen LogP contribution in [0.25, 0.3) is 0 Å². The zero-order valence-corrected chi connectivity index (χ0v) is 6.84. The lowest BCUT2D eigenvalue weighted by Gasteiger charge is -2.21. The summed E-state index contributed by atoms with van der Waals surface area (Å²) in [6.45, 7) is 2.44. The van der Waals surface area contributed by atoms with Gasteiger partial charge < -0.3 is 5.32 Å². The summed E-state index contributed by atoms with van der Waals surface area (Å²) in [7, 11) is 1.67. The van der Waals surface area contributed by atoms with E-state index in [9.17, 15) is 4.79 Å². The summed E-state index contributed by atoms with van der Waals surface area (Å²) in [5, 5.41) is 2.61. The van der Waals surface area contributed by atoms with Gasteiger partial charge in [-0.3, -0.25) is 9.69 Å². The van der Waals surface area contributed by atoms with Crippen LogP contribution in [0.15, 0.2) is 12.2 Å². The second kappa shape index (κ2) is 4.13. The van der Waals surface area contributed by atoms with Gasteiger partial charge in [0.2, 0.25) is 5.91 Å². The molecular weight excluding hydrogens is 140 g/mol. The molecular formula is C8H14N2O. The van der Waals surface area contributed by atoms with Gasteiger partial charge in [-0.1, -0.05) is 12.2 Å². The molecule has 1 aliphatic heterocycles. The number of likely N-dealkylation sites (N-methyl/N-ethyl adjacent to an activating group) is 1. The van der Waals surface area contributed by atoms with Crippen LogP contribution in [0.2, 0.25) is 0 Å². The van der Waals surface area contributed by atoms with Gasteiger partial charge in [0.15, 0.2) is 0 Å². The van der Waals surface area contributed by atoms with Crippen molar-refractivity contribution < 1.29 is 4.79 Å². The van der Waals surface area contributed by atoms with Crippen molar-refractivity contribution in [1.29, 1.82) is 0 Å². The van der Waals surface area contributed by atoms with Crippen molar-refractivity contribution in [3.05, 3.63) is 12.2 Å². The van der Waals surface area contributed by atoms with E-state index in [0.717, 1.165) is 19.5 Å². The third kappa shape index (κ3) is 2.72. The second-order valence-electron chi connectivity index (χ2n) is 2.67. The number of amides is 1. The number of nitrogens with zero attached hydrogens (tertiary/aromatic N) is 1. The van der Waals surface area contributed by atoms with Crippen LogP contribution in [-0.4, -0.2) is 37.5 Å². The normalized spacial score (nSPS) is 18.3. The third-order valence-electron chi connectivity index (χ3n) is 1.79. The quantitative estimate of drug-likeness (QED) is 0.567. The van der Waals surface area contributed by atoms with Gasteiger partial charge in [-0.15, -0.1) is 0 Å². The minimum Gasteiger partial charge on any atom is -0.358 e. The molecule has 0 aromatic carbocycles. The van der Waals surface area contributed by atoms with Crippen molar-refractivity contribution in [2.75, 3.05) is 26.7 Å². The average molecular weight is 154 g/mol.